The number of nitrogens with zero attached hydrogens (tertiary/aromatic N) is 2. The molecule has 0 spiro atoms. The minimum Gasteiger partial charge on any atom is -0.391 e. The van der Waals surface area contributed by atoms with E-state index in [2.05, 4.69) is 29.5 Å². The molecular formula is C15H20N2O. The van der Waals surface area contributed by atoms with Crippen LogP contribution in [0.1, 0.15) is 39.2 Å². The lowest BCUT2D eigenvalue weighted by Crippen LogP contribution is -2.34. The smallest absolute Gasteiger partial charge is 0.0961 e. The third kappa shape index (κ3) is 1.93. The predicted molar refractivity (Wildman–Crippen MR) is 72.4 cm³/mol. The van der Waals surface area contributed by atoms with E-state index < -0.39 is 0 Å². The van der Waals surface area contributed by atoms with Gasteiger partial charge in [0.15, 0.2) is 0 Å². The van der Waals surface area contributed by atoms with Crippen molar-refractivity contribution >= 4 is 11.0 Å². The first-order valence-corrected chi connectivity index (χ1v) is 6.66. The van der Waals surface area contributed by atoms with Gasteiger partial charge < -0.3 is 9.67 Å². The molecule has 1 fully saturated rings. The van der Waals surface area contributed by atoms with Gasteiger partial charge in [-0.25, -0.2) is 4.98 Å². The van der Waals surface area contributed by atoms with Crippen molar-refractivity contribution in [3.8, 4) is 0 Å². The molecule has 18 heavy (non-hydrogen) atoms. The fourth-order valence-electron chi connectivity index (χ4n) is 3.06. The number of aromatic nitrogens is 2. The fraction of sp³-hybridized carbons (Fsp3) is 0.533. The summed E-state index contributed by atoms with van der Waals surface area (Å²) in [4.78, 5) is 4.43. The van der Waals surface area contributed by atoms with Crippen molar-refractivity contribution < 1.29 is 5.11 Å². The lowest BCUT2D eigenvalue weighted by atomic mass is 9.74. The number of rotatable bonds is 1. The number of hydrogen-bond acceptors (Lipinski definition) is 2. The van der Waals surface area contributed by atoms with Gasteiger partial charge in [0.05, 0.1) is 29.5 Å². The number of aliphatic hydroxyl groups excluding tert-OH is 1. The number of imidazole rings is 1. The molecule has 0 radical (unpaired) electrons. The zero-order valence-electron chi connectivity index (χ0n) is 11.0. The topological polar surface area (TPSA) is 38.0 Å². The summed E-state index contributed by atoms with van der Waals surface area (Å²) >= 11 is 0. The van der Waals surface area contributed by atoms with Crippen molar-refractivity contribution in [2.75, 3.05) is 0 Å². The molecule has 0 saturated heterocycles. The van der Waals surface area contributed by atoms with Crippen LogP contribution in [0.3, 0.4) is 0 Å². The summed E-state index contributed by atoms with van der Waals surface area (Å²) in [7, 11) is 0. The fourth-order valence-corrected chi connectivity index (χ4v) is 3.06. The van der Waals surface area contributed by atoms with Crippen LogP contribution in [0.2, 0.25) is 0 Å². The quantitative estimate of drug-likeness (QED) is 0.836. The normalized spacial score (nSPS) is 27.5. The molecule has 0 bridgehead atoms. The third-order valence-electron chi connectivity index (χ3n) is 4.16. The molecule has 1 aliphatic carbocycles. The van der Waals surface area contributed by atoms with Gasteiger partial charge in [0, 0.05) is 0 Å². The second kappa shape index (κ2) is 4.09. The van der Waals surface area contributed by atoms with Crippen LogP contribution in [-0.2, 0) is 0 Å². The van der Waals surface area contributed by atoms with Crippen LogP contribution in [0.15, 0.2) is 30.6 Å². The lowest BCUT2D eigenvalue weighted by Gasteiger charge is -2.39. The first-order chi connectivity index (χ1) is 8.57. The van der Waals surface area contributed by atoms with Gasteiger partial charge in [0.2, 0.25) is 0 Å². The van der Waals surface area contributed by atoms with Gasteiger partial charge in [-0.3, -0.25) is 0 Å². The molecule has 1 heterocycles. The average molecular weight is 244 g/mol. The number of aliphatic hydroxyl groups is 1. The Balaban J connectivity index is 2.02. The van der Waals surface area contributed by atoms with E-state index in [-0.39, 0.29) is 12.1 Å². The highest BCUT2D eigenvalue weighted by molar-refractivity contribution is 5.75. The van der Waals surface area contributed by atoms with Gasteiger partial charge in [-0.1, -0.05) is 26.0 Å². The zero-order chi connectivity index (χ0) is 12.8. The van der Waals surface area contributed by atoms with Crippen molar-refractivity contribution in [2.45, 2.75) is 45.3 Å². The van der Waals surface area contributed by atoms with E-state index in [0.717, 1.165) is 30.3 Å². The summed E-state index contributed by atoms with van der Waals surface area (Å²) in [5.41, 5.74) is 2.43. The summed E-state index contributed by atoms with van der Waals surface area (Å²) in [5.74, 6) is 0. The van der Waals surface area contributed by atoms with Gasteiger partial charge in [-0.2, -0.15) is 0 Å². The Morgan fingerprint density at radius 2 is 2.11 bits per heavy atom. The minimum atomic E-state index is -0.254. The molecule has 0 amide bonds. The molecule has 1 aromatic carbocycles. The van der Waals surface area contributed by atoms with Crippen LogP contribution in [-0.4, -0.2) is 20.8 Å². The second-order valence-corrected chi connectivity index (χ2v) is 6.18. The highest BCUT2D eigenvalue weighted by Gasteiger charge is 2.35. The maximum atomic E-state index is 10.3. The number of benzene rings is 1. The largest absolute Gasteiger partial charge is 0.391 e. The number of hydrogen-bond donors (Lipinski definition) is 1. The molecule has 3 heteroatoms. The Morgan fingerprint density at radius 3 is 2.94 bits per heavy atom. The van der Waals surface area contributed by atoms with Crippen LogP contribution in [0.5, 0.6) is 0 Å². The van der Waals surface area contributed by atoms with Crippen LogP contribution < -0.4 is 0 Å². The Morgan fingerprint density at radius 1 is 1.33 bits per heavy atom. The molecule has 0 aliphatic heterocycles. The summed E-state index contributed by atoms with van der Waals surface area (Å²) in [6, 6.07) is 8.28. The van der Waals surface area contributed by atoms with E-state index in [4.69, 9.17) is 0 Å². The molecule has 2 unspecified atom stereocenters. The highest BCUT2D eigenvalue weighted by atomic mass is 16.3. The Hall–Kier alpha value is -1.35. The van der Waals surface area contributed by atoms with Crippen LogP contribution in [0.4, 0.5) is 0 Å². The summed E-state index contributed by atoms with van der Waals surface area (Å²) < 4.78 is 2.15. The molecule has 3 rings (SSSR count). The first-order valence-electron chi connectivity index (χ1n) is 6.66. The van der Waals surface area contributed by atoms with Gasteiger partial charge in [0.25, 0.3) is 0 Å². The van der Waals surface area contributed by atoms with Crippen LogP contribution in [0, 0.1) is 5.41 Å². The highest BCUT2D eigenvalue weighted by Crippen LogP contribution is 2.41. The van der Waals surface area contributed by atoms with E-state index >= 15 is 0 Å². The molecule has 1 saturated carbocycles. The standard InChI is InChI=1S/C15H20N2O/c1-15(2)8-7-14(18)13(9-15)17-10-16-11-5-3-4-6-12(11)17/h3-6,10,13-14,18H,7-9H2,1-2H3. The summed E-state index contributed by atoms with van der Waals surface area (Å²) in [6.45, 7) is 4.57. The summed E-state index contributed by atoms with van der Waals surface area (Å²) in [5, 5.41) is 10.3. The second-order valence-electron chi connectivity index (χ2n) is 6.18. The number of para-hydroxylation sites is 2. The molecule has 1 aliphatic rings. The van der Waals surface area contributed by atoms with Crippen molar-refractivity contribution in [1.29, 1.82) is 0 Å². The third-order valence-corrected chi connectivity index (χ3v) is 4.16. The molecule has 1 aromatic heterocycles. The van der Waals surface area contributed by atoms with Crippen molar-refractivity contribution in [3.63, 3.8) is 0 Å². The Kier molecular flexibility index (Phi) is 2.67. The molecule has 2 aromatic rings. The van der Waals surface area contributed by atoms with Gasteiger partial charge in [-0.15, -0.1) is 0 Å². The molecular weight excluding hydrogens is 224 g/mol. The van der Waals surface area contributed by atoms with Crippen molar-refractivity contribution in [3.05, 3.63) is 30.6 Å². The first kappa shape index (κ1) is 11.7. The van der Waals surface area contributed by atoms with E-state index in [1.54, 1.807) is 0 Å². The monoisotopic (exact) mass is 244 g/mol. The lowest BCUT2D eigenvalue weighted by molar-refractivity contribution is 0.0296. The van der Waals surface area contributed by atoms with E-state index in [1.165, 1.54) is 0 Å². The van der Waals surface area contributed by atoms with Gasteiger partial charge >= 0.3 is 0 Å². The summed E-state index contributed by atoms with van der Waals surface area (Å²) in [6.07, 6.45) is 4.60. The average Bonchev–Trinajstić information content (AvgIpc) is 2.76. The minimum absolute atomic E-state index is 0.154. The zero-order valence-corrected chi connectivity index (χ0v) is 11.0. The Bertz CT molecular complexity index is 558. The molecule has 2 atom stereocenters. The SMILES string of the molecule is CC1(C)CCC(O)C(n2cnc3ccccc32)C1. The van der Waals surface area contributed by atoms with Crippen molar-refractivity contribution in [1.82, 2.24) is 9.55 Å². The Labute approximate surface area is 107 Å². The predicted octanol–water partition coefficient (Wildman–Crippen LogP) is 3.15. The van der Waals surface area contributed by atoms with E-state index in [1.807, 2.05) is 24.5 Å². The molecule has 3 nitrogen and oxygen atoms in total. The number of fused-ring (bicyclic) bond motifs is 1. The maximum absolute atomic E-state index is 10.3. The molecule has 96 valence electrons. The van der Waals surface area contributed by atoms with Gasteiger partial charge in [-0.05, 0) is 36.8 Å². The molecule has 1 N–H and O–H groups in total. The van der Waals surface area contributed by atoms with Crippen molar-refractivity contribution in [2.24, 2.45) is 5.41 Å². The maximum Gasteiger partial charge on any atom is 0.0961 e. The van der Waals surface area contributed by atoms with Crippen LogP contribution >= 0.6 is 0 Å². The van der Waals surface area contributed by atoms with E-state index in [0.29, 0.717) is 5.41 Å². The van der Waals surface area contributed by atoms with Gasteiger partial charge in [0.1, 0.15) is 0 Å². The van der Waals surface area contributed by atoms with E-state index in [9.17, 15) is 5.11 Å². The van der Waals surface area contributed by atoms with Crippen LogP contribution in [0.25, 0.3) is 11.0 Å².